The number of carbonyl (C=O) groups excluding carboxylic acids is 1. The summed E-state index contributed by atoms with van der Waals surface area (Å²) in [7, 11) is 4.25. The predicted octanol–water partition coefficient (Wildman–Crippen LogP) is 2.54. The molecule has 1 amide bonds. The number of nitrogens with zero attached hydrogens (tertiary/aromatic N) is 3. The fourth-order valence-corrected chi connectivity index (χ4v) is 2.00. The predicted molar refractivity (Wildman–Crippen MR) is 89.2 cm³/mol. The van der Waals surface area contributed by atoms with E-state index in [0.29, 0.717) is 0 Å². The van der Waals surface area contributed by atoms with Gasteiger partial charge in [-0.2, -0.15) is 0 Å². The number of rotatable bonds is 0. The van der Waals surface area contributed by atoms with Gasteiger partial charge in [0, 0.05) is 33.1 Å². The standard InChI is InChI=1S/C7H14N2O.C5H11N.2C2H6/c1-7(10)9-5-3-8(2)4-6-9;1-6-4-2-3-5-6;2*1-2/h3-6H2,1-2H3;2-5H2,1H3;2*1-2H3. The van der Waals surface area contributed by atoms with Crippen LogP contribution >= 0.6 is 0 Å². The Morgan fingerprint density at radius 3 is 1.30 bits per heavy atom. The molecule has 2 rings (SSSR count). The van der Waals surface area contributed by atoms with Crippen LogP contribution in [-0.4, -0.2) is 74.0 Å². The van der Waals surface area contributed by atoms with Crippen molar-refractivity contribution >= 4 is 5.91 Å². The van der Waals surface area contributed by atoms with Gasteiger partial charge in [-0.3, -0.25) is 4.79 Å². The first-order chi connectivity index (χ1) is 9.59. The van der Waals surface area contributed by atoms with Crippen molar-refractivity contribution in [3.05, 3.63) is 0 Å². The van der Waals surface area contributed by atoms with E-state index in [-0.39, 0.29) is 5.91 Å². The van der Waals surface area contributed by atoms with Gasteiger partial charge in [0.2, 0.25) is 5.91 Å². The summed E-state index contributed by atoms with van der Waals surface area (Å²) in [6, 6.07) is 0. The number of carbonyl (C=O) groups is 1. The molecule has 0 radical (unpaired) electrons. The van der Waals surface area contributed by atoms with Crippen molar-refractivity contribution in [3.8, 4) is 0 Å². The lowest BCUT2D eigenvalue weighted by Crippen LogP contribution is -2.46. The third kappa shape index (κ3) is 11.2. The summed E-state index contributed by atoms with van der Waals surface area (Å²) in [5, 5.41) is 0. The van der Waals surface area contributed by atoms with E-state index in [1.165, 1.54) is 25.9 Å². The zero-order valence-corrected chi connectivity index (χ0v) is 14.9. The maximum atomic E-state index is 10.8. The minimum atomic E-state index is 0.202. The van der Waals surface area contributed by atoms with Crippen LogP contribution in [0.5, 0.6) is 0 Å². The van der Waals surface area contributed by atoms with Gasteiger partial charge >= 0.3 is 0 Å². The Morgan fingerprint density at radius 1 is 0.700 bits per heavy atom. The van der Waals surface area contributed by atoms with E-state index >= 15 is 0 Å². The van der Waals surface area contributed by atoms with E-state index in [1.807, 2.05) is 32.6 Å². The molecular formula is C16H37N3O. The Kier molecular flexibility index (Phi) is 16.0. The maximum absolute atomic E-state index is 10.8. The first-order valence-corrected chi connectivity index (χ1v) is 8.22. The number of hydrogen-bond acceptors (Lipinski definition) is 3. The Bertz CT molecular complexity index is 208. The van der Waals surface area contributed by atoms with Crippen molar-refractivity contribution in [3.63, 3.8) is 0 Å². The third-order valence-electron chi connectivity index (χ3n) is 3.28. The first-order valence-electron chi connectivity index (χ1n) is 8.22. The van der Waals surface area contributed by atoms with Crippen LogP contribution < -0.4 is 0 Å². The zero-order chi connectivity index (χ0) is 16.0. The van der Waals surface area contributed by atoms with E-state index in [2.05, 4.69) is 23.9 Å². The Labute approximate surface area is 127 Å². The molecule has 20 heavy (non-hydrogen) atoms. The molecule has 2 aliphatic rings. The van der Waals surface area contributed by atoms with E-state index in [9.17, 15) is 4.79 Å². The Balaban J connectivity index is 0. The van der Waals surface area contributed by atoms with Crippen molar-refractivity contribution in [2.45, 2.75) is 47.5 Å². The lowest BCUT2D eigenvalue weighted by molar-refractivity contribution is -0.130. The van der Waals surface area contributed by atoms with Crippen molar-refractivity contribution in [2.75, 3.05) is 53.4 Å². The van der Waals surface area contributed by atoms with Crippen LogP contribution in [-0.2, 0) is 4.79 Å². The van der Waals surface area contributed by atoms with Gasteiger partial charge in [0.15, 0.2) is 0 Å². The highest BCUT2D eigenvalue weighted by Crippen LogP contribution is 2.02. The third-order valence-corrected chi connectivity index (χ3v) is 3.28. The van der Waals surface area contributed by atoms with Crippen molar-refractivity contribution in [2.24, 2.45) is 0 Å². The largest absolute Gasteiger partial charge is 0.340 e. The van der Waals surface area contributed by atoms with Crippen LogP contribution in [0.4, 0.5) is 0 Å². The first kappa shape index (κ1) is 21.7. The minimum absolute atomic E-state index is 0.202. The van der Waals surface area contributed by atoms with E-state index in [0.717, 1.165) is 26.2 Å². The highest BCUT2D eigenvalue weighted by Gasteiger charge is 2.14. The molecule has 4 heteroatoms. The summed E-state index contributed by atoms with van der Waals surface area (Å²) in [4.78, 5) is 17.3. The van der Waals surface area contributed by atoms with Gasteiger partial charge in [0.05, 0.1) is 0 Å². The number of piperazine rings is 1. The average Bonchev–Trinajstić information content (AvgIpc) is 2.95. The van der Waals surface area contributed by atoms with E-state index < -0.39 is 0 Å². The van der Waals surface area contributed by atoms with Gasteiger partial charge in [-0.1, -0.05) is 27.7 Å². The smallest absolute Gasteiger partial charge is 0.219 e. The molecule has 0 aliphatic carbocycles. The average molecular weight is 287 g/mol. The molecule has 2 aliphatic heterocycles. The molecule has 0 aromatic rings. The van der Waals surface area contributed by atoms with Gasteiger partial charge in [0.25, 0.3) is 0 Å². The SMILES string of the molecule is CC.CC.CC(=O)N1CCN(C)CC1.CN1CCCC1. The minimum Gasteiger partial charge on any atom is -0.340 e. The highest BCUT2D eigenvalue weighted by molar-refractivity contribution is 5.73. The van der Waals surface area contributed by atoms with Crippen LogP contribution in [0.25, 0.3) is 0 Å². The molecule has 0 unspecified atom stereocenters. The van der Waals surface area contributed by atoms with Gasteiger partial charge in [-0.25, -0.2) is 0 Å². The zero-order valence-electron chi connectivity index (χ0n) is 14.9. The van der Waals surface area contributed by atoms with Crippen LogP contribution in [0.15, 0.2) is 0 Å². The quantitative estimate of drug-likeness (QED) is 0.685. The van der Waals surface area contributed by atoms with Gasteiger partial charge < -0.3 is 14.7 Å². The summed E-state index contributed by atoms with van der Waals surface area (Å²) < 4.78 is 0. The summed E-state index contributed by atoms with van der Waals surface area (Å²) in [5.41, 5.74) is 0. The molecule has 0 spiro atoms. The van der Waals surface area contributed by atoms with Gasteiger partial charge in [-0.05, 0) is 40.0 Å². The van der Waals surface area contributed by atoms with Crippen molar-refractivity contribution in [1.82, 2.24) is 14.7 Å². The van der Waals surface area contributed by atoms with Crippen LogP contribution in [0.2, 0.25) is 0 Å². The number of likely N-dealkylation sites (tertiary alicyclic amines) is 1. The number of amides is 1. The molecular weight excluding hydrogens is 250 g/mol. The molecule has 0 aromatic carbocycles. The van der Waals surface area contributed by atoms with Crippen LogP contribution in [0.1, 0.15) is 47.5 Å². The topological polar surface area (TPSA) is 26.8 Å². The molecule has 0 bridgehead atoms. The highest BCUT2D eigenvalue weighted by atomic mass is 16.2. The summed E-state index contributed by atoms with van der Waals surface area (Å²) in [6.45, 7) is 16.1. The van der Waals surface area contributed by atoms with Crippen molar-refractivity contribution in [1.29, 1.82) is 0 Å². The second-order valence-electron chi connectivity index (χ2n) is 4.82. The van der Waals surface area contributed by atoms with Gasteiger partial charge in [-0.15, -0.1) is 0 Å². The molecule has 0 saturated carbocycles. The molecule has 4 nitrogen and oxygen atoms in total. The summed E-state index contributed by atoms with van der Waals surface area (Å²) >= 11 is 0. The molecule has 0 aromatic heterocycles. The van der Waals surface area contributed by atoms with Gasteiger partial charge in [0.1, 0.15) is 0 Å². The van der Waals surface area contributed by atoms with E-state index in [4.69, 9.17) is 0 Å². The summed E-state index contributed by atoms with van der Waals surface area (Å²) in [5.74, 6) is 0.202. The maximum Gasteiger partial charge on any atom is 0.219 e. The number of hydrogen-bond donors (Lipinski definition) is 0. The van der Waals surface area contributed by atoms with E-state index in [1.54, 1.807) is 6.92 Å². The second-order valence-corrected chi connectivity index (χ2v) is 4.82. The fourth-order valence-electron chi connectivity index (χ4n) is 2.00. The molecule has 122 valence electrons. The monoisotopic (exact) mass is 287 g/mol. The molecule has 2 saturated heterocycles. The van der Waals surface area contributed by atoms with Crippen molar-refractivity contribution < 1.29 is 4.79 Å². The Hall–Kier alpha value is -0.610. The molecule has 2 heterocycles. The lowest BCUT2D eigenvalue weighted by atomic mass is 10.3. The second kappa shape index (κ2) is 14.8. The number of likely N-dealkylation sites (N-methyl/N-ethyl adjacent to an activating group) is 1. The normalized spacial score (nSPS) is 18.9. The molecule has 0 atom stereocenters. The summed E-state index contributed by atoms with van der Waals surface area (Å²) in [6.07, 6.45) is 2.83. The fraction of sp³-hybridized carbons (Fsp3) is 0.938. The van der Waals surface area contributed by atoms with Crippen LogP contribution in [0.3, 0.4) is 0 Å². The Morgan fingerprint density at radius 2 is 1.05 bits per heavy atom. The molecule has 0 N–H and O–H groups in total. The lowest BCUT2D eigenvalue weighted by Gasteiger charge is -2.31. The molecule has 2 fully saturated rings. The van der Waals surface area contributed by atoms with Crippen LogP contribution in [0, 0.1) is 0 Å².